The third-order valence-corrected chi connectivity index (χ3v) is 4.19. The van der Waals surface area contributed by atoms with Crippen molar-refractivity contribution in [2.45, 2.75) is 31.8 Å². The molecule has 1 aliphatic heterocycles. The van der Waals surface area contributed by atoms with Crippen LogP contribution in [0.15, 0.2) is 35.3 Å². The second-order valence-corrected chi connectivity index (χ2v) is 5.81. The van der Waals surface area contributed by atoms with E-state index in [1.165, 1.54) is 4.57 Å². The van der Waals surface area contributed by atoms with Crippen LogP contribution in [0.25, 0.3) is 11.3 Å². The van der Waals surface area contributed by atoms with Gasteiger partial charge in [0.15, 0.2) is 0 Å². The van der Waals surface area contributed by atoms with Gasteiger partial charge >= 0.3 is 5.69 Å². The molecule has 0 unspecified atom stereocenters. The standard InChI is InChI=1S/C17H20N2O5/c1-10-8-19(15-7-13(21)14(9-20)24-15)17(22)18-16(10)11-3-5-12(23-2)6-4-11/h3-6,8,13-15,20-21H,7,9H2,1-2H3/t13-,14+,15+/m0/s1. The Kier molecular flexibility index (Phi) is 4.66. The Morgan fingerprint density at radius 1 is 1.38 bits per heavy atom. The number of rotatable bonds is 4. The molecule has 7 nitrogen and oxygen atoms in total. The number of aryl methyl sites for hydroxylation is 1. The van der Waals surface area contributed by atoms with Crippen LogP contribution >= 0.6 is 0 Å². The van der Waals surface area contributed by atoms with Crippen LogP contribution in [-0.4, -0.2) is 45.7 Å². The van der Waals surface area contributed by atoms with E-state index in [9.17, 15) is 9.90 Å². The highest BCUT2D eigenvalue weighted by molar-refractivity contribution is 5.62. The van der Waals surface area contributed by atoms with Gasteiger partial charge in [-0.2, -0.15) is 4.98 Å². The van der Waals surface area contributed by atoms with E-state index in [4.69, 9.17) is 14.6 Å². The predicted molar refractivity (Wildman–Crippen MR) is 86.8 cm³/mol. The molecule has 1 aliphatic rings. The minimum Gasteiger partial charge on any atom is -0.497 e. The fourth-order valence-electron chi connectivity index (χ4n) is 2.86. The molecule has 0 radical (unpaired) electrons. The maximum absolute atomic E-state index is 12.4. The van der Waals surface area contributed by atoms with Gasteiger partial charge in [0.1, 0.15) is 18.1 Å². The van der Waals surface area contributed by atoms with E-state index >= 15 is 0 Å². The molecule has 2 aromatic rings. The van der Waals surface area contributed by atoms with Crippen LogP contribution in [0.5, 0.6) is 5.75 Å². The van der Waals surface area contributed by atoms with Crippen molar-refractivity contribution in [2.75, 3.05) is 13.7 Å². The van der Waals surface area contributed by atoms with E-state index in [1.54, 1.807) is 13.3 Å². The Morgan fingerprint density at radius 3 is 2.67 bits per heavy atom. The molecule has 1 fully saturated rings. The zero-order valence-electron chi connectivity index (χ0n) is 13.5. The number of nitrogens with zero attached hydrogens (tertiary/aromatic N) is 2. The van der Waals surface area contributed by atoms with E-state index in [2.05, 4.69) is 4.98 Å². The summed E-state index contributed by atoms with van der Waals surface area (Å²) in [6.45, 7) is 1.57. The summed E-state index contributed by atoms with van der Waals surface area (Å²) in [6, 6.07) is 7.31. The molecule has 1 aromatic heterocycles. The Balaban J connectivity index is 1.93. The van der Waals surface area contributed by atoms with Gasteiger partial charge in [0, 0.05) is 18.2 Å². The third-order valence-electron chi connectivity index (χ3n) is 4.19. The van der Waals surface area contributed by atoms with Gasteiger partial charge in [-0.15, -0.1) is 0 Å². The van der Waals surface area contributed by atoms with E-state index < -0.39 is 24.1 Å². The first kappa shape index (κ1) is 16.6. The molecule has 0 aliphatic carbocycles. The van der Waals surface area contributed by atoms with Crippen LogP contribution in [0, 0.1) is 6.92 Å². The Bertz CT molecular complexity index is 772. The molecule has 1 saturated heterocycles. The average molecular weight is 332 g/mol. The molecule has 0 amide bonds. The van der Waals surface area contributed by atoms with E-state index in [1.807, 2.05) is 31.2 Å². The number of ether oxygens (including phenoxy) is 2. The number of aromatic nitrogens is 2. The summed E-state index contributed by atoms with van der Waals surface area (Å²) in [4.78, 5) is 16.5. The van der Waals surface area contributed by atoms with E-state index in [0.717, 1.165) is 16.9 Å². The van der Waals surface area contributed by atoms with Crippen LogP contribution < -0.4 is 10.4 Å². The molecule has 2 N–H and O–H groups in total. The first-order chi connectivity index (χ1) is 11.5. The van der Waals surface area contributed by atoms with Crippen molar-refractivity contribution in [3.8, 4) is 17.0 Å². The van der Waals surface area contributed by atoms with E-state index in [-0.39, 0.29) is 13.0 Å². The normalized spacial score (nSPS) is 23.4. The topological polar surface area (TPSA) is 93.8 Å². The first-order valence-corrected chi connectivity index (χ1v) is 7.72. The van der Waals surface area contributed by atoms with Gasteiger partial charge in [-0.05, 0) is 36.8 Å². The van der Waals surface area contributed by atoms with Gasteiger partial charge < -0.3 is 19.7 Å². The van der Waals surface area contributed by atoms with Crippen LogP contribution in [-0.2, 0) is 4.74 Å². The molecular formula is C17H20N2O5. The van der Waals surface area contributed by atoms with Crippen LogP contribution in [0.4, 0.5) is 0 Å². The molecule has 3 rings (SSSR count). The highest BCUT2D eigenvalue weighted by atomic mass is 16.5. The summed E-state index contributed by atoms with van der Waals surface area (Å²) < 4.78 is 12.0. The van der Waals surface area contributed by atoms with Crippen molar-refractivity contribution in [1.29, 1.82) is 0 Å². The highest BCUT2D eigenvalue weighted by Crippen LogP contribution is 2.29. The van der Waals surface area contributed by atoms with Gasteiger partial charge in [-0.25, -0.2) is 4.79 Å². The van der Waals surface area contributed by atoms with Crippen LogP contribution in [0.3, 0.4) is 0 Å². The Morgan fingerprint density at radius 2 is 2.08 bits per heavy atom. The van der Waals surface area contributed by atoms with Gasteiger partial charge in [-0.1, -0.05) is 0 Å². The number of aliphatic hydroxyl groups excluding tert-OH is 2. The molecule has 1 aromatic carbocycles. The predicted octanol–water partition coefficient (Wildman–Crippen LogP) is 0.868. The van der Waals surface area contributed by atoms with Crippen molar-refractivity contribution in [3.05, 3.63) is 46.5 Å². The fraction of sp³-hybridized carbons (Fsp3) is 0.412. The van der Waals surface area contributed by atoms with Crippen LogP contribution in [0.2, 0.25) is 0 Å². The SMILES string of the molecule is COc1ccc(-c2nc(=O)n([C@H]3C[C@H](O)[C@@H](CO)O3)cc2C)cc1. The molecule has 2 heterocycles. The monoisotopic (exact) mass is 332 g/mol. The van der Waals surface area contributed by atoms with Gasteiger partial charge in [0.2, 0.25) is 0 Å². The number of hydrogen-bond acceptors (Lipinski definition) is 6. The molecule has 7 heteroatoms. The summed E-state index contributed by atoms with van der Waals surface area (Å²) in [5, 5.41) is 19.0. The summed E-state index contributed by atoms with van der Waals surface area (Å²) in [7, 11) is 1.59. The Labute approximate surface area is 139 Å². The fourth-order valence-corrected chi connectivity index (χ4v) is 2.86. The lowest BCUT2D eigenvalue weighted by molar-refractivity contribution is -0.0459. The number of benzene rings is 1. The number of hydrogen-bond donors (Lipinski definition) is 2. The van der Waals surface area contributed by atoms with Crippen LogP contribution in [0.1, 0.15) is 18.2 Å². The number of methoxy groups -OCH3 is 1. The largest absolute Gasteiger partial charge is 0.497 e. The zero-order valence-corrected chi connectivity index (χ0v) is 13.5. The molecule has 128 valence electrons. The summed E-state index contributed by atoms with van der Waals surface area (Å²) in [6.07, 6.45) is -0.183. The molecule has 24 heavy (non-hydrogen) atoms. The average Bonchev–Trinajstić information content (AvgIpc) is 2.97. The molecule has 0 spiro atoms. The quantitative estimate of drug-likeness (QED) is 0.863. The zero-order chi connectivity index (χ0) is 17.3. The molecule has 0 saturated carbocycles. The van der Waals surface area contributed by atoms with Crippen molar-refractivity contribution in [1.82, 2.24) is 9.55 Å². The maximum atomic E-state index is 12.4. The lowest BCUT2D eigenvalue weighted by Gasteiger charge is -2.16. The Hall–Kier alpha value is -2.22. The number of aliphatic hydroxyl groups is 2. The van der Waals surface area contributed by atoms with Gasteiger partial charge in [0.25, 0.3) is 0 Å². The summed E-state index contributed by atoms with van der Waals surface area (Å²) in [5.74, 6) is 0.730. The highest BCUT2D eigenvalue weighted by Gasteiger charge is 2.35. The van der Waals surface area contributed by atoms with E-state index in [0.29, 0.717) is 5.69 Å². The maximum Gasteiger partial charge on any atom is 0.350 e. The van der Waals surface area contributed by atoms with Crippen molar-refractivity contribution >= 4 is 0 Å². The lowest BCUT2D eigenvalue weighted by atomic mass is 10.1. The minimum absolute atomic E-state index is 0.244. The third kappa shape index (κ3) is 3.06. The lowest BCUT2D eigenvalue weighted by Crippen LogP contribution is -2.28. The van der Waals surface area contributed by atoms with Gasteiger partial charge in [-0.3, -0.25) is 4.57 Å². The van der Waals surface area contributed by atoms with Crippen molar-refractivity contribution in [3.63, 3.8) is 0 Å². The van der Waals surface area contributed by atoms with Gasteiger partial charge in [0.05, 0.1) is 25.5 Å². The molecule has 3 atom stereocenters. The summed E-state index contributed by atoms with van der Waals surface area (Å²) >= 11 is 0. The minimum atomic E-state index is -0.798. The first-order valence-electron chi connectivity index (χ1n) is 7.72. The summed E-state index contributed by atoms with van der Waals surface area (Å²) in [5.41, 5.74) is 1.77. The van der Waals surface area contributed by atoms with Crippen molar-refractivity contribution < 1.29 is 19.7 Å². The molecular weight excluding hydrogens is 312 g/mol. The smallest absolute Gasteiger partial charge is 0.350 e. The second kappa shape index (κ2) is 6.72. The molecule has 0 bridgehead atoms. The van der Waals surface area contributed by atoms with Crippen molar-refractivity contribution in [2.24, 2.45) is 0 Å². The second-order valence-electron chi connectivity index (χ2n) is 5.81.